The van der Waals surface area contributed by atoms with Crippen LogP contribution in [0.5, 0.6) is 5.75 Å². The molecule has 0 bridgehead atoms. The van der Waals surface area contributed by atoms with Crippen LogP contribution in [0.15, 0.2) is 48.5 Å². The van der Waals surface area contributed by atoms with E-state index in [-0.39, 0.29) is 30.0 Å². The monoisotopic (exact) mass is 406 g/mol. The van der Waals surface area contributed by atoms with Crippen molar-refractivity contribution < 1.29 is 27.5 Å². The van der Waals surface area contributed by atoms with Gasteiger partial charge in [-0.25, -0.2) is 4.39 Å². The highest BCUT2D eigenvalue weighted by Gasteiger charge is 2.24. The van der Waals surface area contributed by atoms with Crippen LogP contribution in [0.3, 0.4) is 0 Å². The Bertz CT molecular complexity index is 833. The van der Waals surface area contributed by atoms with Gasteiger partial charge in [0, 0.05) is 24.7 Å². The number of hydrogen-bond donors (Lipinski definition) is 1. The molecule has 1 aliphatic heterocycles. The molecule has 29 heavy (non-hydrogen) atoms. The molecule has 2 aromatic carbocycles. The maximum Gasteiger partial charge on any atom is 0.387 e. The Labute approximate surface area is 166 Å². The molecule has 1 saturated heterocycles. The molecule has 0 saturated carbocycles. The van der Waals surface area contributed by atoms with E-state index in [2.05, 4.69) is 10.1 Å². The minimum absolute atomic E-state index is 0.0499. The summed E-state index contributed by atoms with van der Waals surface area (Å²) in [6.07, 6.45) is 1.42. The average molecular weight is 406 g/mol. The van der Waals surface area contributed by atoms with Crippen molar-refractivity contribution in [3.05, 3.63) is 65.5 Å². The van der Waals surface area contributed by atoms with E-state index >= 15 is 0 Å². The topological polar surface area (TPSA) is 58.6 Å². The smallest absolute Gasteiger partial charge is 0.387 e. The van der Waals surface area contributed by atoms with Crippen molar-refractivity contribution in [2.45, 2.75) is 31.9 Å². The molecule has 0 unspecified atom stereocenters. The number of likely N-dealkylation sites (tertiary alicyclic amines) is 1. The van der Waals surface area contributed by atoms with E-state index in [4.69, 9.17) is 0 Å². The minimum Gasteiger partial charge on any atom is -0.435 e. The number of alkyl halides is 2. The van der Waals surface area contributed by atoms with Gasteiger partial charge in [-0.1, -0.05) is 12.1 Å². The number of hydrogen-bond acceptors (Lipinski definition) is 3. The van der Waals surface area contributed by atoms with Gasteiger partial charge in [-0.05, 0) is 54.8 Å². The standard InChI is InChI=1S/C21H21F3N2O3/c22-16-5-3-15(4-6-16)20(28)25-17-9-11-26(12-10-17)19(27)13-14-1-7-18(8-2-14)29-21(23)24/h1-8,17,21H,9-13H2,(H,25,28). The Balaban J connectivity index is 1.45. The van der Waals surface area contributed by atoms with Gasteiger partial charge in [-0.3, -0.25) is 9.59 Å². The number of nitrogens with one attached hydrogen (secondary N) is 1. The molecule has 0 aliphatic carbocycles. The lowest BCUT2D eigenvalue weighted by molar-refractivity contribution is -0.131. The summed E-state index contributed by atoms with van der Waals surface area (Å²) in [5, 5.41) is 2.91. The molecular formula is C21H21F3N2O3. The molecule has 1 aliphatic rings. The zero-order chi connectivity index (χ0) is 20.8. The zero-order valence-corrected chi connectivity index (χ0v) is 15.6. The van der Waals surface area contributed by atoms with Crippen molar-refractivity contribution in [1.29, 1.82) is 0 Å². The molecule has 3 rings (SSSR count). The van der Waals surface area contributed by atoms with E-state index in [0.29, 0.717) is 37.1 Å². The molecule has 0 radical (unpaired) electrons. The normalized spacial score (nSPS) is 14.7. The van der Waals surface area contributed by atoms with Gasteiger partial charge in [-0.2, -0.15) is 8.78 Å². The van der Waals surface area contributed by atoms with Crippen LogP contribution in [0.4, 0.5) is 13.2 Å². The van der Waals surface area contributed by atoms with E-state index < -0.39 is 12.4 Å². The number of carbonyl (C=O) groups is 2. The third-order valence-corrected chi connectivity index (χ3v) is 4.79. The number of nitrogens with zero attached hydrogens (tertiary/aromatic N) is 1. The van der Waals surface area contributed by atoms with Gasteiger partial charge in [0.1, 0.15) is 11.6 Å². The second kappa shape index (κ2) is 9.45. The molecule has 2 amide bonds. The first-order chi connectivity index (χ1) is 13.9. The van der Waals surface area contributed by atoms with Gasteiger partial charge in [0.25, 0.3) is 5.91 Å². The molecule has 1 heterocycles. The summed E-state index contributed by atoms with van der Waals surface area (Å²) in [7, 11) is 0. The van der Waals surface area contributed by atoms with Crippen LogP contribution in [-0.4, -0.2) is 42.5 Å². The van der Waals surface area contributed by atoms with Gasteiger partial charge < -0.3 is 15.0 Å². The summed E-state index contributed by atoms with van der Waals surface area (Å²) in [4.78, 5) is 26.4. The first kappa shape index (κ1) is 20.7. The molecule has 154 valence electrons. The van der Waals surface area contributed by atoms with Crippen molar-refractivity contribution in [2.24, 2.45) is 0 Å². The second-order valence-corrected chi connectivity index (χ2v) is 6.83. The van der Waals surface area contributed by atoms with Crippen LogP contribution in [0.2, 0.25) is 0 Å². The van der Waals surface area contributed by atoms with Crippen LogP contribution in [-0.2, 0) is 11.2 Å². The van der Waals surface area contributed by atoms with Crippen LogP contribution >= 0.6 is 0 Å². The van der Waals surface area contributed by atoms with Gasteiger partial charge in [0.2, 0.25) is 5.91 Å². The molecule has 5 nitrogen and oxygen atoms in total. The van der Waals surface area contributed by atoms with Crippen molar-refractivity contribution in [2.75, 3.05) is 13.1 Å². The molecule has 1 N–H and O–H groups in total. The fraction of sp³-hybridized carbons (Fsp3) is 0.333. The minimum atomic E-state index is -2.88. The average Bonchev–Trinajstić information content (AvgIpc) is 2.70. The Morgan fingerprint density at radius 1 is 1.03 bits per heavy atom. The predicted molar refractivity (Wildman–Crippen MR) is 100 cm³/mol. The van der Waals surface area contributed by atoms with Crippen LogP contribution in [0.25, 0.3) is 0 Å². The molecule has 0 atom stereocenters. The summed E-state index contributed by atoms with van der Waals surface area (Å²) < 4.78 is 41.6. The first-order valence-electron chi connectivity index (χ1n) is 9.28. The molecule has 1 fully saturated rings. The predicted octanol–water partition coefficient (Wildman–Crippen LogP) is 3.39. The highest BCUT2D eigenvalue weighted by atomic mass is 19.3. The summed E-state index contributed by atoms with van der Waals surface area (Å²) >= 11 is 0. The van der Waals surface area contributed by atoms with Gasteiger partial charge >= 0.3 is 6.61 Å². The van der Waals surface area contributed by atoms with Crippen molar-refractivity contribution in [3.63, 3.8) is 0 Å². The fourth-order valence-corrected chi connectivity index (χ4v) is 3.22. The largest absolute Gasteiger partial charge is 0.435 e. The summed E-state index contributed by atoms with van der Waals surface area (Å²) in [5.74, 6) is -0.671. The van der Waals surface area contributed by atoms with Crippen LogP contribution < -0.4 is 10.1 Å². The molecule has 2 aromatic rings. The molecule has 0 spiro atoms. The number of piperidine rings is 1. The maximum atomic E-state index is 12.9. The summed E-state index contributed by atoms with van der Waals surface area (Å²) in [6, 6.07) is 11.3. The Morgan fingerprint density at radius 3 is 2.24 bits per heavy atom. The van der Waals surface area contributed by atoms with Gasteiger partial charge in [0.05, 0.1) is 6.42 Å². The summed E-state index contributed by atoms with van der Waals surface area (Å²) in [5.41, 5.74) is 1.10. The highest BCUT2D eigenvalue weighted by molar-refractivity contribution is 5.94. The fourth-order valence-electron chi connectivity index (χ4n) is 3.22. The van der Waals surface area contributed by atoms with E-state index in [9.17, 15) is 22.8 Å². The third kappa shape index (κ3) is 5.97. The first-order valence-corrected chi connectivity index (χ1v) is 9.28. The SMILES string of the molecule is O=C(NC1CCN(C(=O)Cc2ccc(OC(F)F)cc2)CC1)c1ccc(F)cc1. The zero-order valence-electron chi connectivity index (χ0n) is 15.6. The molecular weight excluding hydrogens is 385 g/mol. The van der Waals surface area contributed by atoms with Crippen LogP contribution in [0.1, 0.15) is 28.8 Å². The maximum absolute atomic E-state index is 12.9. The summed E-state index contributed by atoms with van der Waals surface area (Å²) in [6.45, 7) is -1.85. The Morgan fingerprint density at radius 2 is 1.66 bits per heavy atom. The van der Waals surface area contributed by atoms with Crippen molar-refractivity contribution in [1.82, 2.24) is 10.2 Å². The quantitative estimate of drug-likeness (QED) is 0.800. The molecule has 0 aromatic heterocycles. The second-order valence-electron chi connectivity index (χ2n) is 6.83. The van der Waals surface area contributed by atoms with Gasteiger partial charge in [-0.15, -0.1) is 0 Å². The number of ether oxygens (including phenoxy) is 1. The van der Waals surface area contributed by atoms with E-state index in [1.54, 1.807) is 17.0 Å². The van der Waals surface area contributed by atoms with Crippen molar-refractivity contribution >= 4 is 11.8 Å². The number of benzene rings is 2. The lowest BCUT2D eigenvalue weighted by Gasteiger charge is -2.32. The Hall–Kier alpha value is -3.03. The third-order valence-electron chi connectivity index (χ3n) is 4.79. The van der Waals surface area contributed by atoms with E-state index in [1.165, 1.54) is 36.4 Å². The van der Waals surface area contributed by atoms with Crippen molar-refractivity contribution in [3.8, 4) is 5.75 Å². The van der Waals surface area contributed by atoms with E-state index in [0.717, 1.165) is 0 Å². The van der Waals surface area contributed by atoms with E-state index in [1.807, 2.05) is 0 Å². The number of halogens is 3. The number of rotatable bonds is 6. The number of amides is 2. The lowest BCUT2D eigenvalue weighted by atomic mass is 10.0. The van der Waals surface area contributed by atoms with Crippen LogP contribution in [0, 0.1) is 5.82 Å². The van der Waals surface area contributed by atoms with Gasteiger partial charge in [0.15, 0.2) is 0 Å². The highest BCUT2D eigenvalue weighted by Crippen LogP contribution is 2.17. The Kier molecular flexibility index (Phi) is 6.74. The molecule has 8 heteroatoms. The lowest BCUT2D eigenvalue weighted by Crippen LogP contribution is -2.47. The number of carbonyl (C=O) groups excluding carboxylic acids is 2.